The first-order valence-electron chi connectivity index (χ1n) is 6.24. The molecule has 15 heavy (non-hydrogen) atoms. The highest BCUT2D eigenvalue weighted by molar-refractivity contribution is 5.03. The number of nitrogens with zero attached hydrogens (tertiary/aromatic N) is 1. The van der Waals surface area contributed by atoms with Crippen LogP contribution in [-0.4, -0.2) is 42.9 Å². The molecule has 2 aliphatic rings. The number of alkyl halides is 1. The van der Waals surface area contributed by atoms with Crippen molar-refractivity contribution in [2.45, 2.75) is 50.7 Å². The van der Waals surface area contributed by atoms with Crippen molar-refractivity contribution < 1.29 is 9.13 Å². The summed E-state index contributed by atoms with van der Waals surface area (Å²) in [5.41, 5.74) is 0.0627. The fourth-order valence-corrected chi connectivity index (χ4v) is 2.96. The van der Waals surface area contributed by atoms with Gasteiger partial charge in [0, 0.05) is 25.1 Å². The summed E-state index contributed by atoms with van der Waals surface area (Å²) in [6, 6.07) is 0. The highest BCUT2D eigenvalue weighted by Crippen LogP contribution is 2.40. The average Bonchev–Trinajstić information content (AvgIpc) is 2.68. The Morgan fingerprint density at radius 1 is 1.53 bits per heavy atom. The maximum atomic E-state index is 13.4. The predicted molar refractivity (Wildman–Crippen MR) is 58.8 cm³/mol. The number of hydrogen-bond acceptors (Lipinski definition) is 2. The second-order valence-electron chi connectivity index (χ2n) is 4.98. The van der Waals surface area contributed by atoms with E-state index in [9.17, 15) is 4.39 Å². The minimum absolute atomic E-state index is 0.0627. The maximum absolute atomic E-state index is 13.4. The Bertz CT molecular complexity index is 212. The fourth-order valence-electron chi connectivity index (χ4n) is 2.96. The molecular formula is C12H22FNO. The molecule has 0 unspecified atom stereocenters. The maximum Gasteiger partial charge on any atom is 0.115 e. The summed E-state index contributed by atoms with van der Waals surface area (Å²) < 4.78 is 19.1. The third-order valence-corrected chi connectivity index (χ3v) is 3.77. The molecule has 88 valence electrons. The van der Waals surface area contributed by atoms with E-state index >= 15 is 0 Å². The smallest absolute Gasteiger partial charge is 0.115 e. The molecule has 2 atom stereocenters. The molecule has 3 heteroatoms. The third-order valence-electron chi connectivity index (χ3n) is 3.77. The van der Waals surface area contributed by atoms with Gasteiger partial charge in [0.05, 0.1) is 6.61 Å². The van der Waals surface area contributed by atoms with Gasteiger partial charge in [0.25, 0.3) is 0 Å². The zero-order valence-corrected chi connectivity index (χ0v) is 9.67. The fraction of sp³-hybridized carbons (Fsp3) is 1.00. The van der Waals surface area contributed by atoms with Crippen LogP contribution in [0.5, 0.6) is 0 Å². The molecule has 2 fully saturated rings. The van der Waals surface area contributed by atoms with Gasteiger partial charge in [0.2, 0.25) is 0 Å². The van der Waals surface area contributed by atoms with Gasteiger partial charge in [-0.2, -0.15) is 0 Å². The van der Waals surface area contributed by atoms with Crippen molar-refractivity contribution in [1.82, 2.24) is 4.90 Å². The highest BCUT2D eigenvalue weighted by Gasteiger charge is 2.48. The molecule has 2 heterocycles. The van der Waals surface area contributed by atoms with Crippen LogP contribution in [0, 0.1) is 0 Å². The summed E-state index contributed by atoms with van der Waals surface area (Å²) >= 11 is 0. The SMILES string of the molecule is CCCCOC[C@@]12CCCN1C[C@H](F)C2. The first kappa shape index (κ1) is 11.3. The molecule has 0 radical (unpaired) electrons. The number of fused-ring (bicyclic) bond motifs is 1. The van der Waals surface area contributed by atoms with Gasteiger partial charge < -0.3 is 4.74 Å². The summed E-state index contributed by atoms with van der Waals surface area (Å²) in [5.74, 6) is 0. The van der Waals surface area contributed by atoms with Crippen LogP contribution >= 0.6 is 0 Å². The summed E-state index contributed by atoms with van der Waals surface area (Å²) in [6.45, 7) is 5.45. The highest BCUT2D eigenvalue weighted by atomic mass is 19.1. The van der Waals surface area contributed by atoms with Gasteiger partial charge in [-0.1, -0.05) is 13.3 Å². The van der Waals surface area contributed by atoms with E-state index in [1.54, 1.807) is 0 Å². The van der Waals surface area contributed by atoms with Crippen molar-refractivity contribution in [3.8, 4) is 0 Å². The normalized spacial score (nSPS) is 36.0. The largest absolute Gasteiger partial charge is 0.380 e. The zero-order valence-electron chi connectivity index (χ0n) is 9.67. The summed E-state index contributed by atoms with van der Waals surface area (Å²) in [4.78, 5) is 2.31. The molecule has 0 saturated carbocycles. The lowest BCUT2D eigenvalue weighted by Crippen LogP contribution is -2.42. The Kier molecular flexibility index (Phi) is 3.62. The molecule has 2 saturated heterocycles. The summed E-state index contributed by atoms with van der Waals surface area (Å²) in [7, 11) is 0. The van der Waals surface area contributed by atoms with Crippen LogP contribution in [0.15, 0.2) is 0 Å². The van der Waals surface area contributed by atoms with Gasteiger partial charge in [-0.15, -0.1) is 0 Å². The van der Waals surface area contributed by atoms with E-state index in [1.807, 2.05) is 0 Å². The zero-order chi connectivity index (χ0) is 10.7. The Balaban J connectivity index is 1.82. The van der Waals surface area contributed by atoms with Gasteiger partial charge in [0.15, 0.2) is 0 Å². The van der Waals surface area contributed by atoms with Crippen LogP contribution in [0.1, 0.15) is 39.0 Å². The van der Waals surface area contributed by atoms with Crippen LogP contribution < -0.4 is 0 Å². The van der Waals surface area contributed by atoms with Crippen LogP contribution in [0.25, 0.3) is 0 Å². The average molecular weight is 215 g/mol. The lowest BCUT2D eigenvalue weighted by molar-refractivity contribution is 0.0339. The van der Waals surface area contributed by atoms with Gasteiger partial charge >= 0.3 is 0 Å². The number of unbranched alkanes of at least 4 members (excludes halogenated alkanes) is 1. The van der Waals surface area contributed by atoms with Crippen molar-refractivity contribution >= 4 is 0 Å². The second kappa shape index (κ2) is 4.79. The van der Waals surface area contributed by atoms with E-state index in [0.717, 1.165) is 32.6 Å². The van der Waals surface area contributed by atoms with Crippen molar-refractivity contribution in [1.29, 1.82) is 0 Å². The predicted octanol–water partition coefficient (Wildman–Crippen LogP) is 2.38. The Morgan fingerprint density at radius 3 is 3.20 bits per heavy atom. The molecule has 0 aromatic heterocycles. The van der Waals surface area contributed by atoms with Gasteiger partial charge in [-0.25, -0.2) is 4.39 Å². The lowest BCUT2D eigenvalue weighted by atomic mass is 9.95. The molecular weight excluding hydrogens is 193 g/mol. The molecule has 0 bridgehead atoms. The van der Waals surface area contributed by atoms with E-state index < -0.39 is 6.17 Å². The Morgan fingerprint density at radius 2 is 2.40 bits per heavy atom. The van der Waals surface area contributed by atoms with Crippen LogP contribution in [0.3, 0.4) is 0 Å². The topological polar surface area (TPSA) is 12.5 Å². The monoisotopic (exact) mass is 215 g/mol. The van der Waals surface area contributed by atoms with Crippen molar-refractivity contribution in [3.63, 3.8) is 0 Å². The minimum atomic E-state index is -0.625. The second-order valence-corrected chi connectivity index (χ2v) is 4.98. The minimum Gasteiger partial charge on any atom is -0.380 e. The van der Waals surface area contributed by atoms with Gasteiger partial charge in [-0.05, 0) is 25.8 Å². The van der Waals surface area contributed by atoms with Crippen molar-refractivity contribution in [2.75, 3.05) is 26.3 Å². The molecule has 0 spiro atoms. The number of ether oxygens (including phenoxy) is 1. The molecule has 0 amide bonds. The van der Waals surface area contributed by atoms with Crippen LogP contribution in [-0.2, 0) is 4.74 Å². The van der Waals surface area contributed by atoms with E-state index in [1.165, 1.54) is 12.8 Å². The van der Waals surface area contributed by atoms with Crippen molar-refractivity contribution in [2.24, 2.45) is 0 Å². The molecule has 0 aromatic carbocycles. The van der Waals surface area contributed by atoms with Gasteiger partial charge in [-0.3, -0.25) is 4.90 Å². The standard InChI is InChI=1S/C12H22FNO/c1-2-3-7-15-10-12-5-4-6-14(12)9-11(13)8-12/h11H,2-10H2,1H3/t11-,12+/m1/s1. The first-order valence-corrected chi connectivity index (χ1v) is 6.24. The number of halogens is 1. The van der Waals surface area contributed by atoms with Crippen LogP contribution in [0.2, 0.25) is 0 Å². The quantitative estimate of drug-likeness (QED) is 0.653. The number of hydrogen-bond donors (Lipinski definition) is 0. The molecule has 2 nitrogen and oxygen atoms in total. The first-order chi connectivity index (χ1) is 7.27. The van der Waals surface area contributed by atoms with E-state index in [2.05, 4.69) is 11.8 Å². The third kappa shape index (κ3) is 2.34. The van der Waals surface area contributed by atoms with Crippen molar-refractivity contribution in [3.05, 3.63) is 0 Å². The van der Waals surface area contributed by atoms with Gasteiger partial charge in [0.1, 0.15) is 6.17 Å². The molecule has 0 aromatic rings. The Labute approximate surface area is 91.8 Å². The molecule has 2 rings (SSSR count). The van der Waals surface area contributed by atoms with Crippen LogP contribution in [0.4, 0.5) is 4.39 Å². The number of rotatable bonds is 5. The summed E-state index contributed by atoms with van der Waals surface area (Å²) in [5, 5.41) is 0. The van der Waals surface area contributed by atoms with E-state index in [0.29, 0.717) is 13.0 Å². The molecule has 2 aliphatic heterocycles. The summed E-state index contributed by atoms with van der Waals surface area (Å²) in [6.07, 6.45) is 4.69. The van der Waals surface area contributed by atoms with E-state index in [-0.39, 0.29) is 5.54 Å². The Hall–Kier alpha value is -0.150. The molecule has 0 aliphatic carbocycles. The van der Waals surface area contributed by atoms with E-state index in [4.69, 9.17) is 4.74 Å². The lowest BCUT2D eigenvalue weighted by Gasteiger charge is -2.31. The molecule has 0 N–H and O–H groups in total.